The number of nitrogens with zero attached hydrogens (tertiary/aromatic N) is 1. The van der Waals surface area contributed by atoms with Crippen LogP contribution in [-0.2, 0) is 4.79 Å². The Hall–Kier alpha value is -1.04. The van der Waals surface area contributed by atoms with E-state index in [2.05, 4.69) is 11.4 Å². The van der Waals surface area contributed by atoms with Gasteiger partial charge in [-0.1, -0.05) is 26.2 Å². The average molecular weight is 194 g/mol. The molecule has 0 radical (unpaired) electrons. The van der Waals surface area contributed by atoms with Crippen molar-refractivity contribution >= 4 is 5.91 Å². The minimum absolute atomic E-state index is 0.0240. The smallest absolute Gasteiger partial charge is 0.221 e. The fraction of sp³-hybridized carbons (Fsp3) is 0.818. The van der Waals surface area contributed by atoms with E-state index < -0.39 is 5.54 Å². The fourth-order valence-electron chi connectivity index (χ4n) is 1.98. The summed E-state index contributed by atoms with van der Waals surface area (Å²) in [6.07, 6.45) is 6.31. The highest BCUT2D eigenvalue weighted by atomic mass is 16.1. The zero-order valence-corrected chi connectivity index (χ0v) is 8.81. The van der Waals surface area contributed by atoms with Crippen LogP contribution in [0.2, 0.25) is 0 Å². The number of carbonyl (C=O) groups is 1. The molecular formula is C11H18N2O. The topological polar surface area (TPSA) is 52.9 Å². The lowest BCUT2D eigenvalue weighted by molar-refractivity contribution is -0.122. The molecule has 1 fully saturated rings. The van der Waals surface area contributed by atoms with Crippen molar-refractivity contribution in [2.45, 2.75) is 57.4 Å². The molecule has 1 N–H and O–H groups in total. The molecule has 1 aliphatic carbocycles. The molecule has 0 aliphatic heterocycles. The van der Waals surface area contributed by atoms with Gasteiger partial charge in [-0.2, -0.15) is 5.26 Å². The maximum absolute atomic E-state index is 11.4. The molecule has 1 rings (SSSR count). The molecule has 0 saturated heterocycles. The maximum atomic E-state index is 11.4. The van der Waals surface area contributed by atoms with Gasteiger partial charge in [-0.05, 0) is 19.3 Å². The lowest BCUT2D eigenvalue weighted by atomic mass is 9.83. The zero-order valence-electron chi connectivity index (χ0n) is 8.81. The normalized spacial score (nSPS) is 19.7. The standard InChI is InChI=1S/C11H18N2O/c1-2-6-10(14)13-11(9-12)7-4-3-5-8-11/h2-8H2,1H3,(H,13,14). The molecular weight excluding hydrogens is 176 g/mol. The zero-order chi connectivity index (χ0) is 10.4. The van der Waals surface area contributed by atoms with Crippen LogP contribution in [0.3, 0.4) is 0 Å². The SMILES string of the molecule is CCCC(=O)NC1(C#N)CCCCC1. The van der Waals surface area contributed by atoms with E-state index in [-0.39, 0.29) is 5.91 Å². The quantitative estimate of drug-likeness (QED) is 0.748. The van der Waals surface area contributed by atoms with Gasteiger partial charge in [0.2, 0.25) is 5.91 Å². The number of rotatable bonds is 3. The van der Waals surface area contributed by atoms with Crippen molar-refractivity contribution in [1.82, 2.24) is 5.32 Å². The number of hydrogen-bond acceptors (Lipinski definition) is 2. The monoisotopic (exact) mass is 194 g/mol. The van der Waals surface area contributed by atoms with Gasteiger partial charge < -0.3 is 5.32 Å². The molecule has 0 heterocycles. The molecule has 0 aromatic rings. The van der Waals surface area contributed by atoms with Crippen LogP contribution in [0.1, 0.15) is 51.9 Å². The van der Waals surface area contributed by atoms with E-state index >= 15 is 0 Å². The molecule has 1 aliphatic rings. The second-order valence-corrected chi connectivity index (χ2v) is 4.05. The summed E-state index contributed by atoms with van der Waals surface area (Å²) in [6.45, 7) is 1.97. The van der Waals surface area contributed by atoms with Crippen molar-refractivity contribution in [3.05, 3.63) is 0 Å². The van der Waals surface area contributed by atoms with Gasteiger partial charge in [0.15, 0.2) is 0 Å². The summed E-state index contributed by atoms with van der Waals surface area (Å²) in [6, 6.07) is 2.27. The summed E-state index contributed by atoms with van der Waals surface area (Å²) < 4.78 is 0. The lowest BCUT2D eigenvalue weighted by Gasteiger charge is -2.31. The highest BCUT2D eigenvalue weighted by Gasteiger charge is 2.32. The largest absolute Gasteiger partial charge is 0.338 e. The van der Waals surface area contributed by atoms with Crippen molar-refractivity contribution in [3.63, 3.8) is 0 Å². The molecule has 1 saturated carbocycles. The van der Waals surface area contributed by atoms with E-state index in [9.17, 15) is 4.79 Å². The van der Waals surface area contributed by atoms with Crippen LogP contribution >= 0.6 is 0 Å². The van der Waals surface area contributed by atoms with Crippen molar-refractivity contribution < 1.29 is 4.79 Å². The molecule has 78 valence electrons. The molecule has 14 heavy (non-hydrogen) atoms. The number of carbonyl (C=O) groups excluding carboxylic acids is 1. The third-order valence-corrected chi connectivity index (χ3v) is 2.78. The second kappa shape index (κ2) is 4.99. The number of nitriles is 1. The Morgan fingerprint density at radius 1 is 1.43 bits per heavy atom. The Labute approximate surface area is 85.5 Å². The summed E-state index contributed by atoms with van der Waals surface area (Å²) in [7, 11) is 0. The molecule has 1 amide bonds. The number of nitrogens with one attached hydrogen (secondary N) is 1. The summed E-state index contributed by atoms with van der Waals surface area (Å²) in [4.78, 5) is 11.4. The molecule has 3 nitrogen and oxygen atoms in total. The van der Waals surface area contributed by atoms with Crippen molar-refractivity contribution in [1.29, 1.82) is 5.26 Å². The summed E-state index contributed by atoms with van der Waals surface area (Å²) in [5.74, 6) is 0.0240. The van der Waals surface area contributed by atoms with E-state index in [0.717, 1.165) is 32.1 Å². The predicted molar refractivity (Wildman–Crippen MR) is 54.5 cm³/mol. The van der Waals surface area contributed by atoms with Gasteiger partial charge in [0.05, 0.1) is 6.07 Å². The minimum Gasteiger partial charge on any atom is -0.338 e. The second-order valence-electron chi connectivity index (χ2n) is 4.05. The van der Waals surface area contributed by atoms with Gasteiger partial charge in [-0.3, -0.25) is 4.79 Å². The Morgan fingerprint density at radius 2 is 2.07 bits per heavy atom. The van der Waals surface area contributed by atoms with Crippen LogP contribution in [0.25, 0.3) is 0 Å². The number of amides is 1. The van der Waals surface area contributed by atoms with Crippen molar-refractivity contribution in [3.8, 4) is 6.07 Å². The van der Waals surface area contributed by atoms with Gasteiger partial charge in [-0.25, -0.2) is 0 Å². The van der Waals surface area contributed by atoms with E-state index in [1.165, 1.54) is 6.42 Å². The first-order valence-corrected chi connectivity index (χ1v) is 5.45. The minimum atomic E-state index is -0.551. The highest BCUT2D eigenvalue weighted by molar-refractivity contribution is 5.77. The van der Waals surface area contributed by atoms with Crippen LogP contribution in [0.4, 0.5) is 0 Å². The van der Waals surface area contributed by atoms with Gasteiger partial charge >= 0.3 is 0 Å². The molecule has 0 unspecified atom stereocenters. The highest BCUT2D eigenvalue weighted by Crippen LogP contribution is 2.27. The van der Waals surface area contributed by atoms with Gasteiger partial charge in [0.25, 0.3) is 0 Å². The van der Waals surface area contributed by atoms with Crippen molar-refractivity contribution in [2.75, 3.05) is 0 Å². The molecule has 3 heteroatoms. The van der Waals surface area contributed by atoms with Crippen LogP contribution in [0, 0.1) is 11.3 Å². The Kier molecular flexibility index (Phi) is 3.94. The molecule has 0 spiro atoms. The lowest BCUT2D eigenvalue weighted by Crippen LogP contribution is -2.48. The maximum Gasteiger partial charge on any atom is 0.221 e. The molecule has 0 bridgehead atoms. The molecule has 0 aromatic heterocycles. The van der Waals surface area contributed by atoms with E-state index in [1.54, 1.807) is 0 Å². The van der Waals surface area contributed by atoms with Gasteiger partial charge in [-0.15, -0.1) is 0 Å². The van der Waals surface area contributed by atoms with Gasteiger partial charge in [0.1, 0.15) is 5.54 Å². The predicted octanol–water partition coefficient (Wildman–Crippen LogP) is 2.13. The average Bonchev–Trinajstić information content (AvgIpc) is 2.19. The van der Waals surface area contributed by atoms with E-state index in [0.29, 0.717) is 6.42 Å². The Balaban J connectivity index is 2.52. The summed E-state index contributed by atoms with van der Waals surface area (Å²) >= 11 is 0. The first-order chi connectivity index (χ1) is 6.72. The third-order valence-electron chi connectivity index (χ3n) is 2.78. The van der Waals surface area contributed by atoms with Gasteiger partial charge in [0, 0.05) is 6.42 Å². The first-order valence-electron chi connectivity index (χ1n) is 5.45. The van der Waals surface area contributed by atoms with E-state index in [1.807, 2.05) is 6.92 Å². The summed E-state index contributed by atoms with van der Waals surface area (Å²) in [5.41, 5.74) is -0.551. The number of hydrogen-bond donors (Lipinski definition) is 1. The van der Waals surface area contributed by atoms with Crippen LogP contribution in [-0.4, -0.2) is 11.4 Å². The fourth-order valence-corrected chi connectivity index (χ4v) is 1.98. The molecule has 0 aromatic carbocycles. The van der Waals surface area contributed by atoms with E-state index in [4.69, 9.17) is 5.26 Å². The third kappa shape index (κ3) is 2.73. The first kappa shape index (κ1) is 11.0. The van der Waals surface area contributed by atoms with Crippen LogP contribution in [0.5, 0.6) is 0 Å². The van der Waals surface area contributed by atoms with Crippen LogP contribution < -0.4 is 5.32 Å². The van der Waals surface area contributed by atoms with Crippen molar-refractivity contribution in [2.24, 2.45) is 0 Å². The molecule has 0 atom stereocenters. The Morgan fingerprint density at radius 3 is 2.57 bits per heavy atom. The van der Waals surface area contributed by atoms with Crippen LogP contribution in [0.15, 0.2) is 0 Å². The summed E-state index contributed by atoms with van der Waals surface area (Å²) in [5, 5.41) is 12.0. The Bertz CT molecular complexity index is 236.